The standard InChI is InChI=1S/C16H23N3/c1-11-7-6-8-12(2)14(11)10-15(17-4)16-9-13(3)18-19(16)5/h6-9,15,17H,10H2,1-5H3. The van der Waals surface area contributed by atoms with Gasteiger partial charge in [-0.1, -0.05) is 18.2 Å². The largest absolute Gasteiger partial charge is 0.311 e. The van der Waals surface area contributed by atoms with E-state index in [0.29, 0.717) is 6.04 Å². The molecule has 0 amide bonds. The van der Waals surface area contributed by atoms with E-state index in [-0.39, 0.29) is 0 Å². The molecule has 1 heterocycles. The summed E-state index contributed by atoms with van der Waals surface area (Å²) < 4.78 is 1.98. The third-order valence-corrected chi connectivity index (χ3v) is 3.80. The van der Waals surface area contributed by atoms with E-state index < -0.39 is 0 Å². The highest BCUT2D eigenvalue weighted by Gasteiger charge is 2.16. The van der Waals surface area contributed by atoms with Gasteiger partial charge in [0.1, 0.15) is 0 Å². The first kappa shape index (κ1) is 13.8. The molecule has 1 unspecified atom stereocenters. The Bertz CT molecular complexity index is 549. The van der Waals surface area contributed by atoms with Crippen molar-refractivity contribution in [1.82, 2.24) is 15.1 Å². The summed E-state index contributed by atoms with van der Waals surface area (Å²) in [6.45, 7) is 6.41. The summed E-state index contributed by atoms with van der Waals surface area (Å²) in [5.74, 6) is 0. The van der Waals surface area contributed by atoms with Crippen molar-refractivity contribution in [2.24, 2.45) is 7.05 Å². The number of likely N-dealkylation sites (N-methyl/N-ethyl adjacent to an activating group) is 1. The number of nitrogens with one attached hydrogen (secondary N) is 1. The summed E-state index contributed by atoms with van der Waals surface area (Å²) in [7, 11) is 4.03. The van der Waals surface area contributed by atoms with Crippen molar-refractivity contribution in [3.63, 3.8) is 0 Å². The predicted molar refractivity (Wildman–Crippen MR) is 79.4 cm³/mol. The van der Waals surface area contributed by atoms with Crippen molar-refractivity contribution in [2.45, 2.75) is 33.2 Å². The van der Waals surface area contributed by atoms with Gasteiger partial charge in [0.15, 0.2) is 0 Å². The Hall–Kier alpha value is -1.61. The first-order chi connectivity index (χ1) is 9.02. The minimum atomic E-state index is 0.297. The SMILES string of the molecule is CNC(Cc1c(C)cccc1C)c1cc(C)nn1C. The molecule has 1 atom stereocenters. The normalized spacial score (nSPS) is 12.7. The number of aryl methyl sites for hydroxylation is 4. The number of hydrogen-bond acceptors (Lipinski definition) is 2. The van der Waals surface area contributed by atoms with Gasteiger partial charge in [-0.05, 0) is 57.0 Å². The fourth-order valence-corrected chi connectivity index (χ4v) is 2.69. The summed E-state index contributed by atoms with van der Waals surface area (Å²) in [4.78, 5) is 0. The van der Waals surface area contributed by atoms with Crippen LogP contribution in [0.2, 0.25) is 0 Å². The van der Waals surface area contributed by atoms with Gasteiger partial charge in [0, 0.05) is 7.05 Å². The molecule has 0 fully saturated rings. The Kier molecular flexibility index (Phi) is 4.05. The molecule has 2 aromatic rings. The Morgan fingerprint density at radius 1 is 1.21 bits per heavy atom. The Morgan fingerprint density at radius 3 is 2.32 bits per heavy atom. The fourth-order valence-electron chi connectivity index (χ4n) is 2.69. The van der Waals surface area contributed by atoms with Crippen LogP contribution in [0.4, 0.5) is 0 Å². The summed E-state index contributed by atoms with van der Waals surface area (Å²) in [6.07, 6.45) is 0.994. The van der Waals surface area contributed by atoms with Crippen LogP contribution in [-0.4, -0.2) is 16.8 Å². The van der Waals surface area contributed by atoms with E-state index in [1.165, 1.54) is 22.4 Å². The molecule has 1 N–H and O–H groups in total. The second-order valence-corrected chi connectivity index (χ2v) is 5.25. The quantitative estimate of drug-likeness (QED) is 0.912. The van der Waals surface area contributed by atoms with E-state index >= 15 is 0 Å². The molecule has 0 saturated carbocycles. The van der Waals surface area contributed by atoms with Crippen molar-refractivity contribution in [3.05, 3.63) is 52.3 Å². The smallest absolute Gasteiger partial charge is 0.0597 e. The van der Waals surface area contributed by atoms with Crippen LogP contribution in [0.1, 0.15) is 34.1 Å². The van der Waals surface area contributed by atoms with Gasteiger partial charge in [-0.2, -0.15) is 5.10 Å². The Labute approximate surface area is 115 Å². The van der Waals surface area contributed by atoms with Crippen LogP contribution in [0.15, 0.2) is 24.3 Å². The van der Waals surface area contributed by atoms with E-state index in [0.717, 1.165) is 12.1 Å². The molecule has 0 bridgehead atoms. The zero-order chi connectivity index (χ0) is 14.0. The van der Waals surface area contributed by atoms with Crippen molar-refractivity contribution >= 4 is 0 Å². The summed E-state index contributed by atoms with van der Waals surface area (Å²) in [5.41, 5.74) is 6.46. The van der Waals surface area contributed by atoms with Crippen LogP contribution in [-0.2, 0) is 13.5 Å². The Morgan fingerprint density at radius 2 is 1.84 bits per heavy atom. The van der Waals surface area contributed by atoms with E-state index in [1.54, 1.807) is 0 Å². The van der Waals surface area contributed by atoms with Crippen molar-refractivity contribution in [3.8, 4) is 0 Å². The first-order valence-electron chi connectivity index (χ1n) is 6.75. The van der Waals surface area contributed by atoms with Gasteiger partial charge in [-0.25, -0.2) is 0 Å². The average molecular weight is 257 g/mol. The minimum absolute atomic E-state index is 0.297. The maximum Gasteiger partial charge on any atom is 0.0597 e. The zero-order valence-electron chi connectivity index (χ0n) is 12.5. The molecule has 19 heavy (non-hydrogen) atoms. The lowest BCUT2D eigenvalue weighted by molar-refractivity contribution is 0.535. The van der Waals surface area contributed by atoms with Crippen molar-refractivity contribution in [2.75, 3.05) is 7.05 Å². The topological polar surface area (TPSA) is 29.9 Å². The predicted octanol–water partition coefficient (Wildman–Crippen LogP) is 2.85. The first-order valence-corrected chi connectivity index (χ1v) is 6.75. The van der Waals surface area contributed by atoms with Crippen LogP contribution < -0.4 is 5.32 Å². The second-order valence-electron chi connectivity index (χ2n) is 5.25. The molecule has 0 saturated heterocycles. The molecular weight excluding hydrogens is 234 g/mol. The van der Waals surface area contributed by atoms with Gasteiger partial charge >= 0.3 is 0 Å². The molecule has 0 radical (unpaired) electrons. The fraction of sp³-hybridized carbons (Fsp3) is 0.438. The third-order valence-electron chi connectivity index (χ3n) is 3.80. The molecule has 0 aliphatic carbocycles. The van der Waals surface area contributed by atoms with Gasteiger partial charge in [0.2, 0.25) is 0 Å². The number of benzene rings is 1. The third kappa shape index (κ3) is 2.87. The highest BCUT2D eigenvalue weighted by Crippen LogP contribution is 2.23. The van der Waals surface area contributed by atoms with Gasteiger partial charge in [0.25, 0.3) is 0 Å². The monoisotopic (exact) mass is 257 g/mol. The van der Waals surface area contributed by atoms with E-state index in [4.69, 9.17) is 0 Å². The Balaban J connectivity index is 2.32. The van der Waals surface area contributed by atoms with Crippen LogP contribution in [0, 0.1) is 20.8 Å². The van der Waals surface area contributed by atoms with Gasteiger partial charge in [-0.15, -0.1) is 0 Å². The second kappa shape index (κ2) is 5.57. The number of rotatable bonds is 4. The van der Waals surface area contributed by atoms with Crippen molar-refractivity contribution < 1.29 is 0 Å². The van der Waals surface area contributed by atoms with Crippen LogP contribution in [0.25, 0.3) is 0 Å². The molecule has 102 valence electrons. The van der Waals surface area contributed by atoms with Gasteiger partial charge in [0.05, 0.1) is 17.4 Å². The highest BCUT2D eigenvalue weighted by atomic mass is 15.3. The summed E-state index contributed by atoms with van der Waals surface area (Å²) >= 11 is 0. The van der Waals surface area contributed by atoms with Crippen LogP contribution in [0.3, 0.4) is 0 Å². The van der Waals surface area contributed by atoms with Crippen LogP contribution >= 0.6 is 0 Å². The molecule has 0 aliphatic rings. The lowest BCUT2D eigenvalue weighted by Gasteiger charge is -2.19. The number of hydrogen-bond donors (Lipinski definition) is 1. The summed E-state index contributed by atoms with van der Waals surface area (Å²) in [6, 6.07) is 8.95. The molecular formula is C16H23N3. The maximum absolute atomic E-state index is 4.44. The molecule has 1 aromatic heterocycles. The van der Waals surface area contributed by atoms with Crippen LogP contribution in [0.5, 0.6) is 0 Å². The lowest BCUT2D eigenvalue weighted by Crippen LogP contribution is -2.22. The van der Waals surface area contributed by atoms with Crippen molar-refractivity contribution in [1.29, 1.82) is 0 Å². The molecule has 1 aromatic carbocycles. The maximum atomic E-state index is 4.44. The van der Waals surface area contributed by atoms with E-state index in [2.05, 4.69) is 48.5 Å². The molecule has 2 rings (SSSR count). The zero-order valence-corrected chi connectivity index (χ0v) is 12.5. The molecule has 0 spiro atoms. The number of aromatic nitrogens is 2. The molecule has 0 aliphatic heterocycles. The summed E-state index contributed by atoms with van der Waals surface area (Å²) in [5, 5.41) is 7.86. The average Bonchev–Trinajstić information content (AvgIpc) is 2.68. The van der Waals surface area contributed by atoms with E-state index in [1.807, 2.05) is 25.7 Å². The minimum Gasteiger partial charge on any atom is -0.311 e. The highest BCUT2D eigenvalue weighted by molar-refractivity contribution is 5.35. The van der Waals surface area contributed by atoms with Gasteiger partial charge in [-0.3, -0.25) is 4.68 Å². The van der Waals surface area contributed by atoms with E-state index in [9.17, 15) is 0 Å². The number of nitrogens with zero attached hydrogens (tertiary/aromatic N) is 2. The molecule has 3 heteroatoms. The lowest BCUT2D eigenvalue weighted by atomic mass is 9.95. The van der Waals surface area contributed by atoms with Gasteiger partial charge < -0.3 is 5.32 Å². The molecule has 3 nitrogen and oxygen atoms in total.